The highest BCUT2D eigenvalue weighted by molar-refractivity contribution is 7.99. The molecule has 30 heavy (non-hydrogen) atoms. The van der Waals surface area contributed by atoms with E-state index in [1.54, 1.807) is 11.8 Å². The fourth-order valence-electron chi connectivity index (χ4n) is 4.26. The minimum atomic E-state index is -0.00379. The molecular formula is C23H24N2O4S. The highest BCUT2D eigenvalue weighted by Gasteiger charge is 2.32. The Hall–Kier alpha value is -2.67. The van der Waals surface area contributed by atoms with Crippen LogP contribution >= 0.6 is 11.8 Å². The number of fused-ring (bicyclic) bond motifs is 2. The van der Waals surface area contributed by atoms with Gasteiger partial charge in [0.1, 0.15) is 0 Å². The van der Waals surface area contributed by atoms with E-state index in [9.17, 15) is 9.59 Å². The van der Waals surface area contributed by atoms with Crippen molar-refractivity contribution in [2.45, 2.75) is 36.6 Å². The second-order valence-corrected chi connectivity index (χ2v) is 8.91. The largest absolute Gasteiger partial charge is 0.490 e. The Morgan fingerprint density at radius 1 is 1.07 bits per heavy atom. The fraction of sp³-hybridized carbons (Fsp3) is 0.391. The smallest absolute Gasteiger partial charge is 0.254 e. The van der Waals surface area contributed by atoms with Crippen LogP contribution in [0.5, 0.6) is 11.5 Å². The Morgan fingerprint density at radius 3 is 2.83 bits per heavy atom. The first-order chi connectivity index (χ1) is 14.7. The molecule has 1 atom stereocenters. The second kappa shape index (κ2) is 8.22. The van der Waals surface area contributed by atoms with Gasteiger partial charge in [-0.2, -0.15) is 0 Å². The van der Waals surface area contributed by atoms with E-state index in [2.05, 4.69) is 5.32 Å². The van der Waals surface area contributed by atoms with Gasteiger partial charge in [0, 0.05) is 35.6 Å². The van der Waals surface area contributed by atoms with E-state index in [1.165, 1.54) is 0 Å². The number of carbonyl (C=O) groups excluding carboxylic acids is 2. The lowest BCUT2D eigenvalue weighted by molar-refractivity contribution is -0.115. The van der Waals surface area contributed by atoms with Crippen molar-refractivity contribution in [3.63, 3.8) is 0 Å². The van der Waals surface area contributed by atoms with Gasteiger partial charge in [-0.15, -0.1) is 11.8 Å². The standard InChI is InChI=1S/C23H24N2O4S/c26-22-8-12-30-21-7-5-16(13-17(21)24-22)23(27)25-9-1-3-18(25)15-4-6-19-20(14-15)29-11-2-10-28-19/h4-7,13-14,18H,1-3,8-12H2,(H,24,26). The summed E-state index contributed by atoms with van der Waals surface area (Å²) in [6.07, 6.45) is 3.23. The molecule has 0 aromatic heterocycles. The maximum atomic E-state index is 13.4. The molecule has 0 spiro atoms. The predicted octanol–water partition coefficient (Wildman–Crippen LogP) is 4.26. The van der Waals surface area contributed by atoms with Crippen LogP contribution in [0.25, 0.3) is 0 Å². The minimum absolute atomic E-state index is 0.00269. The monoisotopic (exact) mass is 424 g/mol. The minimum Gasteiger partial charge on any atom is -0.490 e. The SMILES string of the molecule is O=C1CCSc2ccc(C(=O)N3CCCC3c3ccc4c(c3)OCCCO4)cc2N1. The molecule has 3 aliphatic rings. The van der Waals surface area contributed by atoms with Gasteiger partial charge in [-0.1, -0.05) is 6.07 Å². The summed E-state index contributed by atoms with van der Waals surface area (Å²) in [5, 5.41) is 2.93. The van der Waals surface area contributed by atoms with E-state index in [0.29, 0.717) is 25.2 Å². The van der Waals surface area contributed by atoms with E-state index in [0.717, 1.165) is 59.2 Å². The normalized spacial score (nSPS) is 20.7. The molecule has 7 heteroatoms. The molecule has 1 N–H and O–H groups in total. The molecule has 1 fully saturated rings. The fourth-order valence-corrected chi connectivity index (χ4v) is 5.20. The first-order valence-electron chi connectivity index (χ1n) is 10.5. The molecule has 0 bridgehead atoms. The highest BCUT2D eigenvalue weighted by atomic mass is 32.2. The zero-order valence-corrected chi connectivity index (χ0v) is 17.5. The van der Waals surface area contributed by atoms with Gasteiger partial charge in [0.15, 0.2) is 11.5 Å². The summed E-state index contributed by atoms with van der Waals surface area (Å²) < 4.78 is 11.6. The number of likely N-dealkylation sites (tertiary alicyclic amines) is 1. The number of ether oxygens (including phenoxy) is 2. The second-order valence-electron chi connectivity index (χ2n) is 7.77. The van der Waals surface area contributed by atoms with Crippen LogP contribution in [0.1, 0.15) is 47.6 Å². The third kappa shape index (κ3) is 3.74. The Labute approximate surface area is 179 Å². The van der Waals surface area contributed by atoms with Crippen LogP contribution in [-0.4, -0.2) is 42.2 Å². The summed E-state index contributed by atoms with van der Waals surface area (Å²) >= 11 is 1.64. The average molecular weight is 425 g/mol. The first kappa shape index (κ1) is 19.3. The number of hydrogen-bond donors (Lipinski definition) is 1. The Balaban J connectivity index is 1.41. The molecule has 156 valence electrons. The summed E-state index contributed by atoms with van der Waals surface area (Å²) in [6.45, 7) is 2.02. The van der Waals surface area contributed by atoms with Crippen molar-refractivity contribution in [1.82, 2.24) is 4.90 Å². The van der Waals surface area contributed by atoms with E-state index in [4.69, 9.17) is 9.47 Å². The quantitative estimate of drug-likeness (QED) is 0.780. The van der Waals surface area contributed by atoms with Crippen LogP contribution < -0.4 is 14.8 Å². The summed E-state index contributed by atoms with van der Waals surface area (Å²) in [4.78, 5) is 28.2. The van der Waals surface area contributed by atoms with E-state index in [-0.39, 0.29) is 17.9 Å². The number of amides is 2. The van der Waals surface area contributed by atoms with Gasteiger partial charge in [0.2, 0.25) is 5.91 Å². The van der Waals surface area contributed by atoms with Gasteiger partial charge >= 0.3 is 0 Å². The maximum Gasteiger partial charge on any atom is 0.254 e. The van der Waals surface area contributed by atoms with Gasteiger partial charge in [0.05, 0.1) is 24.9 Å². The molecule has 3 aliphatic heterocycles. The summed E-state index contributed by atoms with van der Waals surface area (Å²) in [7, 11) is 0. The van der Waals surface area contributed by atoms with E-state index >= 15 is 0 Å². The predicted molar refractivity (Wildman–Crippen MR) is 115 cm³/mol. The van der Waals surface area contributed by atoms with E-state index in [1.807, 2.05) is 41.3 Å². The Bertz CT molecular complexity index is 993. The first-order valence-corrected chi connectivity index (χ1v) is 11.4. The molecule has 2 amide bonds. The van der Waals surface area contributed by atoms with E-state index < -0.39 is 0 Å². The molecule has 1 unspecified atom stereocenters. The highest BCUT2D eigenvalue weighted by Crippen LogP contribution is 2.39. The lowest BCUT2D eigenvalue weighted by atomic mass is 10.0. The lowest BCUT2D eigenvalue weighted by Crippen LogP contribution is -2.30. The molecule has 3 heterocycles. The van der Waals surface area contributed by atoms with Crippen LogP contribution in [0.3, 0.4) is 0 Å². The molecule has 0 radical (unpaired) electrons. The third-order valence-corrected chi connectivity index (χ3v) is 6.83. The topological polar surface area (TPSA) is 67.9 Å². The molecule has 5 rings (SSSR count). The number of benzene rings is 2. The van der Waals surface area contributed by atoms with Crippen molar-refractivity contribution in [2.75, 3.05) is 30.8 Å². The zero-order valence-electron chi connectivity index (χ0n) is 16.7. The average Bonchev–Trinajstić information content (AvgIpc) is 3.01. The van der Waals surface area contributed by atoms with Crippen molar-refractivity contribution in [3.8, 4) is 11.5 Å². The van der Waals surface area contributed by atoms with Crippen LogP contribution in [0, 0.1) is 0 Å². The van der Waals surface area contributed by atoms with Crippen molar-refractivity contribution in [3.05, 3.63) is 47.5 Å². The van der Waals surface area contributed by atoms with Crippen LogP contribution in [0.2, 0.25) is 0 Å². The van der Waals surface area contributed by atoms with Gasteiger partial charge in [-0.05, 0) is 48.7 Å². The molecule has 6 nitrogen and oxygen atoms in total. The van der Waals surface area contributed by atoms with Crippen LogP contribution in [0.4, 0.5) is 5.69 Å². The van der Waals surface area contributed by atoms with Crippen molar-refractivity contribution in [2.24, 2.45) is 0 Å². The van der Waals surface area contributed by atoms with Gasteiger partial charge in [0.25, 0.3) is 5.91 Å². The molecule has 2 aromatic carbocycles. The molecule has 2 aromatic rings. The summed E-state index contributed by atoms with van der Waals surface area (Å²) in [5.41, 5.74) is 2.42. The zero-order chi connectivity index (χ0) is 20.5. The summed E-state index contributed by atoms with van der Waals surface area (Å²) in [5.74, 6) is 2.28. The number of carbonyl (C=O) groups is 2. The van der Waals surface area contributed by atoms with Crippen LogP contribution in [0.15, 0.2) is 41.3 Å². The van der Waals surface area contributed by atoms with Crippen molar-refractivity contribution < 1.29 is 19.1 Å². The number of rotatable bonds is 2. The number of nitrogens with zero attached hydrogens (tertiary/aromatic N) is 1. The van der Waals surface area contributed by atoms with Gasteiger partial charge in [-0.3, -0.25) is 9.59 Å². The summed E-state index contributed by atoms with van der Waals surface area (Å²) in [6, 6.07) is 11.6. The maximum absolute atomic E-state index is 13.4. The van der Waals surface area contributed by atoms with Crippen molar-refractivity contribution in [1.29, 1.82) is 0 Å². The molecule has 0 aliphatic carbocycles. The number of anilines is 1. The number of thioether (sulfide) groups is 1. The Kier molecular flexibility index (Phi) is 5.29. The van der Waals surface area contributed by atoms with Gasteiger partial charge in [-0.25, -0.2) is 0 Å². The molecular weight excluding hydrogens is 400 g/mol. The molecule has 1 saturated heterocycles. The lowest BCUT2D eigenvalue weighted by Gasteiger charge is -2.26. The molecule has 0 saturated carbocycles. The van der Waals surface area contributed by atoms with Crippen molar-refractivity contribution >= 4 is 29.3 Å². The Morgan fingerprint density at radius 2 is 1.93 bits per heavy atom. The van der Waals surface area contributed by atoms with Crippen LogP contribution in [-0.2, 0) is 4.79 Å². The number of nitrogens with one attached hydrogen (secondary N) is 1. The van der Waals surface area contributed by atoms with Gasteiger partial charge < -0.3 is 19.7 Å². The third-order valence-electron chi connectivity index (χ3n) is 5.76. The number of hydrogen-bond acceptors (Lipinski definition) is 5.